The van der Waals surface area contributed by atoms with Crippen molar-refractivity contribution in [3.63, 3.8) is 0 Å². The third kappa shape index (κ3) is 6.45. The molecule has 2 atom stereocenters. The fourth-order valence-electron chi connectivity index (χ4n) is 0.106. The lowest BCUT2D eigenvalue weighted by molar-refractivity contribution is 0.603. The van der Waals surface area contributed by atoms with Crippen LogP contribution in [-0.2, 0) is 4.57 Å². The Labute approximate surface area is 74.3 Å². The second-order valence-electron chi connectivity index (χ2n) is 0.880. The van der Waals surface area contributed by atoms with E-state index < -0.39 is 20.4 Å². The molecule has 2 nitrogen and oxygen atoms in total. The summed E-state index contributed by atoms with van der Waals surface area (Å²) in [5, 5.41) is 0. The van der Waals surface area contributed by atoms with Gasteiger partial charge in [-0.1, -0.05) is 45.0 Å². The van der Waals surface area contributed by atoms with Crippen LogP contribution in [-0.4, -0.2) is 0 Å². The highest BCUT2D eigenvalue weighted by Gasteiger charge is 2.01. The van der Waals surface area contributed by atoms with E-state index in [4.69, 9.17) is 45.0 Å². The first-order chi connectivity index (χ1) is 4.04. The van der Waals surface area contributed by atoms with Crippen molar-refractivity contribution in [1.82, 2.24) is 0 Å². The minimum Gasteiger partial charge on any atom is -0.303 e. The van der Waals surface area contributed by atoms with Gasteiger partial charge in [0.25, 0.3) is 0 Å². The molecule has 0 aromatic heterocycles. The summed E-state index contributed by atoms with van der Waals surface area (Å²) in [6, 6.07) is 0. The maximum absolute atomic E-state index is 10.3. The molecule has 0 rings (SSSR count). The SMILES string of the molecule is O=[PH](Cl)/[PH](Cl)=N/P(Cl)Cl. The zero-order chi connectivity index (χ0) is 7.44. The van der Waals surface area contributed by atoms with Crippen LogP contribution in [0.5, 0.6) is 0 Å². The van der Waals surface area contributed by atoms with Gasteiger partial charge in [-0.3, -0.25) is 0 Å². The van der Waals surface area contributed by atoms with Crippen molar-refractivity contribution in [3.05, 3.63) is 0 Å². The molecule has 0 N–H and O–H groups in total. The third-order valence-electron chi connectivity index (χ3n) is 0.326. The first-order valence-electron chi connectivity index (χ1n) is 1.59. The molecule has 9 heavy (non-hydrogen) atoms. The van der Waals surface area contributed by atoms with E-state index in [1.165, 1.54) is 0 Å². The smallest absolute Gasteiger partial charge is 0.207 e. The molecule has 0 aromatic carbocycles. The predicted molar refractivity (Wildman–Crippen MR) is 50.1 cm³/mol. The van der Waals surface area contributed by atoms with E-state index in [1.54, 1.807) is 0 Å². The second kappa shape index (κ2) is 5.67. The highest BCUT2D eigenvalue weighted by Crippen LogP contribution is 2.67. The fourth-order valence-corrected chi connectivity index (χ4v) is 7.46. The minimum atomic E-state index is -2.24. The zero-order valence-corrected chi connectivity index (χ0v) is 9.73. The van der Waals surface area contributed by atoms with Crippen molar-refractivity contribution in [3.8, 4) is 0 Å². The van der Waals surface area contributed by atoms with Crippen LogP contribution in [0.2, 0.25) is 0 Å². The second-order valence-corrected chi connectivity index (χ2v) is 12.5. The van der Waals surface area contributed by atoms with Gasteiger partial charge in [-0.15, -0.1) is 0 Å². The number of nitrogens with zero attached hydrogens (tertiary/aromatic N) is 1. The van der Waals surface area contributed by atoms with Crippen molar-refractivity contribution < 1.29 is 4.57 Å². The average Bonchev–Trinajstić information content (AvgIpc) is 1.63. The number of halogens is 4. The number of rotatable bonds is 2. The Morgan fingerprint density at radius 2 is 1.78 bits per heavy atom. The lowest BCUT2D eigenvalue weighted by Crippen LogP contribution is -1.29. The fraction of sp³-hybridized carbons (Fsp3) is 0. The quantitative estimate of drug-likeness (QED) is 0.656. The van der Waals surface area contributed by atoms with Crippen LogP contribution in [0.1, 0.15) is 0 Å². The summed E-state index contributed by atoms with van der Waals surface area (Å²) >= 11 is 21.0. The molecule has 0 saturated heterocycles. The summed E-state index contributed by atoms with van der Waals surface area (Å²) < 4.78 is 13.9. The average molecular weight is 267 g/mol. The summed E-state index contributed by atoms with van der Waals surface area (Å²) in [6.45, 7) is -5.52. The number of hydrogen-bond donors (Lipinski definition) is 0. The van der Waals surface area contributed by atoms with Crippen molar-refractivity contribution in [2.24, 2.45) is 4.52 Å². The molecule has 0 aliphatic rings. The Morgan fingerprint density at radius 1 is 1.33 bits per heavy atom. The van der Waals surface area contributed by atoms with Crippen molar-refractivity contribution in [1.29, 1.82) is 0 Å². The van der Waals surface area contributed by atoms with Crippen LogP contribution in [0.15, 0.2) is 4.52 Å². The Morgan fingerprint density at radius 3 is 1.89 bits per heavy atom. The third-order valence-corrected chi connectivity index (χ3v) is 9.90. The normalized spacial score (nSPS) is 18.3. The molecule has 0 aliphatic heterocycles. The van der Waals surface area contributed by atoms with Crippen LogP contribution in [0.25, 0.3) is 0 Å². The van der Waals surface area contributed by atoms with Gasteiger partial charge in [-0.05, 0) is 0 Å². The van der Waals surface area contributed by atoms with E-state index in [1.807, 2.05) is 0 Å². The molecule has 2 unspecified atom stereocenters. The largest absolute Gasteiger partial charge is 0.303 e. The van der Waals surface area contributed by atoms with E-state index in [0.717, 1.165) is 0 Å². The lowest BCUT2D eigenvalue weighted by Gasteiger charge is -1.91. The maximum Gasteiger partial charge on any atom is 0.207 e. The van der Waals surface area contributed by atoms with Crippen LogP contribution < -0.4 is 0 Å². The molecule has 0 spiro atoms. The summed E-state index contributed by atoms with van der Waals surface area (Å²) in [5.41, 5.74) is 0. The minimum absolute atomic E-state index is 1.45. The van der Waals surface area contributed by atoms with Gasteiger partial charge in [0.15, 0.2) is 0 Å². The lowest BCUT2D eigenvalue weighted by atomic mass is 13.9. The first-order valence-corrected chi connectivity index (χ1v) is 10.6. The van der Waals surface area contributed by atoms with Gasteiger partial charge in [0.1, 0.15) is 6.75 Å². The summed E-state index contributed by atoms with van der Waals surface area (Å²) in [7, 11) is 0. The van der Waals surface area contributed by atoms with Gasteiger partial charge in [0, 0.05) is 0 Å². The molecule has 0 amide bonds. The van der Waals surface area contributed by atoms with E-state index in [2.05, 4.69) is 4.52 Å². The van der Waals surface area contributed by atoms with Crippen LogP contribution in [0, 0.1) is 0 Å². The highest BCUT2D eigenvalue weighted by molar-refractivity contribution is 8.40. The Kier molecular flexibility index (Phi) is 6.96. The van der Waals surface area contributed by atoms with Crippen molar-refractivity contribution in [2.45, 2.75) is 0 Å². The molecule has 0 aliphatic carbocycles. The molecule has 0 saturated carbocycles. The van der Waals surface area contributed by atoms with E-state index in [0.29, 0.717) is 0 Å². The molecule has 56 valence electrons. The van der Waals surface area contributed by atoms with Gasteiger partial charge >= 0.3 is 0 Å². The van der Waals surface area contributed by atoms with Crippen LogP contribution in [0.3, 0.4) is 0 Å². The molecule has 0 fully saturated rings. The van der Waals surface area contributed by atoms with E-state index in [-0.39, 0.29) is 0 Å². The monoisotopic (exact) mass is 265 g/mol. The van der Waals surface area contributed by atoms with E-state index in [9.17, 15) is 4.57 Å². The summed E-state index contributed by atoms with van der Waals surface area (Å²) in [6.07, 6.45) is 0. The van der Waals surface area contributed by atoms with Crippen LogP contribution >= 0.6 is 65.3 Å². The number of hydrogen-bond acceptors (Lipinski definition) is 2. The van der Waals surface area contributed by atoms with E-state index >= 15 is 0 Å². The molecular formula is H2Cl4NOP3. The van der Waals surface area contributed by atoms with Gasteiger partial charge in [0.05, 0.1) is 0 Å². The molecular weight excluding hydrogens is 265 g/mol. The van der Waals surface area contributed by atoms with Crippen molar-refractivity contribution in [2.75, 3.05) is 0 Å². The summed E-state index contributed by atoms with van der Waals surface area (Å²) in [4.78, 5) is 0. The summed E-state index contributed by atoms with van der Waals surface area (Å²) in [5.74, 6) is 0. The Bertz CT molecular complexity index is 143. The molecule has 0 aromatic rings. The highest BCUT2D eigenvalue weighted by atomic mass is 35.9. The van der Waals surface area contributed by atoms with Gasteiger partial charge < -0.3 is 4.57 Å². The Hall–Kier alpha value is 2.05. The predicted octanol–water partition coefficient (Wildman–Crippen LogP) is 4.87. The molecule has 9 heteroatoms. The topological polar surface area (TPSA) is 29.4 Å². The van der Waals surface area contributed by atoms with Gasteiger partial charge in [0.2, 0.25) is 13.6 Å². The molecule has 0 bridgehead atoms. The van der Waals surface area contributed by atoms with Crippen LogP contribution in [0.4, 0.5) is 0 Å². The zero-order valence-electron chi connectivity index (χ0n) is 3.81. The van der Waals surface area contributed by atoms with Gasteiger partial charge in [-0.2, -0.15) is 0 Å². The standard InChI is InChI=1S/Cl4H2NOP3/c1-7(2)5-8(3)9(4)6/h8-9H. The molecule has 0 heterocycles. The Balaban J connectivity index is 4.00. The maximum atomic E-state index is 10.3. The van der Waals surface area contributed by atoms with Crippen molar-refractivity contribution >= 4 is 65.3 Å². The first kappa shape index (κ1) is 11.1. The van der Waals surface area contributed by atoms with Gasteiger partial charge in [-0.25, -0.2) is 4.52 Å². The molecule has 0 radical (unpaired) electrons.